The molecule has 1 N–H and O–H groups in total. The summed E-state index contributed by atoms with van der Waals surface area (Å²) in [6.45, 7) is 3.71. The number of aromatic amines is 1. The highest BCUT2D eigenvalue weighted by molar-refractivity contribution is 5.82. The minimum Gasteiger partial charge on any atom is -0.348 e. The molecule has 1 saturated carbocycles. The highest BCUT2D eigenvalue weighted by Crippen LogP contribution is 2.45. The third kappa shape index (κ3) is 2.63. The van der Waals surface area contributed by atoms with Crippen LogP contribution in [0.15, 0.2) is 30.9 Å². The van der Waals surface area contributed by atoms with E-state index in [0.717, 1.165) is 64.0 Å². The Morgan fingerprint density at radius 3 is 2.85 bits per heavy atom. The van der Waals surface area contributed by atoms with Crippen LogP contribution in [-0.4, -0.2) is 50.3 Å². The topological polar surface area (TPSA) is 65.1 Å². The van der Waals surface area contributed by atoms with Gasteiger partial charge in [-0.3, -0.25) is 14.7 Å². The van der Waals surface area contributed by atoms with E-state index in [-0.39, 0.29) is 11.5 Å². The van der Waals surface area contributed by atoms with E-state index in [2.05, 4.69) is 30.8 Å². The van der Waals surface area contributed by atoms with Gasteiger partial charge in [0.05, 0.1) is 17.6 Å². The van der Waals surface area contributed by atoms with Crippen molar-refractivity contribution in [3.8, 4) is 0 Å². The minimum absolute atomic E-state index is 0.210. The van der Waals surface area contributed by atoms with Crippen LogP contribution in [0.25, 0.3) is 0 Å². The first-order valence-electron chi connectivity index (χ1n) is 9.72. The van der Waals surface area contributed by atoms with Crippen LogP contribution >= 0.6 is 0 Å². The van der Waals surface area contributed by atoms with Crippen molar-refractivity contribution in [2.45, 2.75) is 44.2 Å². The Hall–Kier alpha value is -2.21. The van der Waals surface area contributed by atoms with Gasteiger partial charge < -0.3 is 9.88 Å². The van der Waals surface area contributed by atoms with Crippen LogP contribution in [-0.2, 0) is 23.3 Å². The predicted molar refractivity (Wildman–Crippen MR) is 97.2 cm³/mol. The Balaban J connectivity index is 1.38. The van der Waals surface area contributed by atoms with Gasteiger partial charge in [-0.05, 0) is 37.3 Å². The van der Waals surface area contributed by atoms with Crippen LogP contribution in [0.5, 0.6) is 0 Å². The van der Waals surface area contributed by atoms with Crippen molar-refractivity contribution in [1.29, 1.82) is 0 Å². The third-order valence-corrected chi connectivity index (χ3v) is 6.27. The Kier molecular flexibility index (Phi) is 3.81. The molecule has 0 aromatic carbocycles. The number of aromatic nitrogens is 3. The molecule has 1 spiro atoms. The molecule has 3 aliphatic rings. The smallest absolute Gasteiger partial charge is 0.226 e. The average Bonchev–Trinajstić information content (AvgIpc) is 3.41. The number of amides is 1. The second-order valence-electron chi connectivity index (χ2n) is 7.91. The fourth-order valence-corrected chi connectivity index (χ4v) is 4.69. The van der Waals surface area contributed by atoms with Crippen molar-refractivity contribution in [2.75, 3.05) is 19.6 Å². The summed E-state index contributed by atoms with van der Waals surface area (Å²) in [7, 11) is 0. The van der Waals surface area contributed by atoms with Gasteiger partial charge in [0.1, 0.15) is 0 Å². The molecule has 0 radical (unpaired) electrons. The molecular weight excluding hydrogens is 326 g/mol. The molecule has 0 unspecified atom stereocenters. The number of likely N-dealkylation sites (tertiary alicyclic amines) is 1. The molecule has 26 heavy (non-hydrogen) atoms. The van der Waals surface area contributed by atoms with Crippen molar-refractivity contribution >= 4 is 5.91 Å². The lowest BCUT2D eigenvalue weighted by Crippen LogP contribution is -2.58. The number of hydrogen-bond donors (Lipinski definition) is 1. The van der Waals surface area contributed by atoms with E-state index in [0.29, 0.717) is 5.91 Å². The van der Waals surface area contributed by atoms with Gasteiger partial charge in [-0.25, -0.2) is 4.98 Å². The molecule has 2 aromatic heterocycles. The summed E-state index contributed by atoms with van der Waals surface area (Å²) in [6.07, 6.45) is 10.5. The summed E-state index contributed by atoms with van der Waals surface area (Å²) in [5.41, 5.74) is 3.39. The first kappa shape index (κ1) is 16.0. The number of hydrogen-bond acceptors (Lipinski definition) is 4. The molecule has 1 amide bonds. The van der Waals surface area contributed by atoms with E-state index in [9.17, 15) is 4.79 Å². The average molecular weight is 351 g/mol. The first-order chi connectivity index (χ1) is 12.8. The van der Waals surface area contributed by atoms with E-state index >= 15 is 0 Å². The maximum absolute atomic E-state index is 13.0. The lowest BCUT2D eigenvalue weighted by atomic mass is 9.78. The summed E-state index contributed by atoms with van der Waals surface area (Å²) >= 11 is 0. The first-order valence-corrected chi connectivity index (χ1v) is 9.72. The van der Waals surface area contributed by atoms with Crippen LogP contribution in [0.3, 0.4) is 0 Å². The molecule has 2 aromatic rings. The number of H-pyrrole nitrogens is 1. The van der Waals surface area contributed by atoms with E-state index in [1.807, 2.05) is 18.5 Å². The standard InChI is InChI=1S/C20H25N5O/c26-19(16-3-4-16)25-9-5-17-18(23-14-22-17)20(25)6-10-24(11-7-20)13-15-2-1-8-21-12-15/h1-2,8,12,14,16H,3-7,9-11,13H2,(H,22,23). The van der Waals surface area contributed by atoms with Crippen LogP contribution in [0, 0.1) is 5.92 Å². The maximum Gasteiger partial charge on any atom is 0.226 e. The highest BCUT2D eigenvalue weighted by Gasteiger charge is 2.50. The number of rotatable bonds is 3. The molecule has 6 nitrogen and oxygen atoms in total. The van der Waals surface area contributed by atoms with Gasteiger partial charge in [0, 0.05) is 56.6 Å². The van der Waals surface area contributed by atoms with Crippen molar-refractivity contribution in [1.82, 2.24) is 24.8 Å². The second kappa shape index (κ2) is 6.20. The van der Waals surface area contributed by atoms with Gasteiger partial charge in [0.2, 0.25) is 5.91 Å². The van der Waals surface area contributed by atoms with E-state index in [1.165, 1.54) is 11.3 Å². The van der Waals surface area contributed by atoms with E-state index in [4.69, 9.17) is 0 Å². The number of carbonyl (C=O) groups is 1. The van der Waals surface area contributed by atoms with Crippen molar-refractivity contribution in [3.63, 3.8) is 0 Å². The molecule has 2 fully saturated rings. The predicted octanol–water partition coefficient (Wildman–Crippen LogP) is 2.09. The number of nitrogens with zero attached hydrogens (tertiary/aromatic N) is 4. The number of fused-ring (bicyclic) bond motifs is 2. The number of piperidine rings is 1. The third-order valence-electron chi connectivity index (χ3n) is 6.27. The summed E-state index contributed by atoms with van der Waals surface area (Å²) in [5.74, 6) is 0.625. The van der Waals surface area contributed by atoms with Gasteiger partial charge in [0.25, 0.3) is 0 Å². The quantitative estimate of drug-likeness (QED) is 0.920. The highest BCUT2D eigenvalue weighted by atomic mass is 16.2. The number of nitrogens with one attached hydrogen (secondary N) is 1. The zero-order chi connectivity index (χ0) is 17.6. The second-order valence-corrected chi connectivity index (χ2v) is 7.91. The summed E-state index contributed by atoms with van der Waals surface area (Å²) in [5, 5.41) is 0. The molecule has 0 atom stereocenters. The number of pyridine rings is 1. The lowest BCUT2D eigenvalue weighted by molar-refractivity contribution is -0.143. The zero-order valence-corrected chi connectivity index (χ0v) is 15.0. The van der Waals surface area contributed by atoms with Gasteiger partial charge in [-0.15, -0.1) is 0 Å². The summed E-state index contributed by atoms with van der Waals surface area (Å²) in [4.78, 5) is 29.9. The van der Waals surface area contributed by atoms with Crippen molar-refractivity contribution < 1.29 is 4.79 Å². The SMILES string of the molecule is O=C(C1CC1)N1CCc2[nH]cnc2C12CCN(Cc1cccnc1)CC2. The number of carbonyl (C=O) groups excluding carboxylic acids is 1. The van der Waals surface area contributed by atoms with Crippen LogP contribution in [0.2, 0.25) is 0 Å². The molecular formula is C20H25N5O. The van der Waals surface area contributed by atoms with E-state index < -0.39 is 0 Å². The van der Waals surface area contributed by atoms with Gasteiger partial charge in [-0.1, -0.05) is 6.07 Å². The monoisotopic (exact) mass is 351 g/mol. The van der Waals surface area contributed by atoms with Crippen LogP contribution < -0.4 is 0 Å². The summed E-state index contributed by atoms with van der Waals surface area (Å²) in [6, 6.07) is 4.13. The Morgan fingerprint density at radius 1 is 1.27 bits per heavy atom. The normalized spacial score (nSPS) is 22.4. The van der Waals surface area contributed by atoms with Crippen molar-refractivity contribution in [2.24, 2.45) is 5.92 Å². The Labute approximate surface area is 153 Å². The molecule has 2 aliphatic heterocycles. The largest absolute Gasteiger partial charge is 0.348 e. The zero-order valence-electron chi connectivity index (χ0n) is 15.0. The van der Waals surface area contributed by atoms with Gasteiger partial charge in [-0.2, -0.15) is 0 Å². The molecule has 4 heterocycles. The van der Waals surface area contributed by atoms with Crippen molar-refractivity contribution in [3.05, 3.63) is 47.8 Å². The maximum atomic E-state index is 13.0. The van der Waals surface area contributed by atoms with Crippen LogP contribution in [0.4, 0.5) is 0 Å². The Bertz CT molecular complexity index is 790. The molecule has 136 valence electrons. The molecule has 6 heteroatoms. The molecule has 1 saturated heterocycles. The van der Waals surface area contributed by atoms with E-state index in [1.54, 1.807) is 6.33 Å². The van der Waals surface area contributed by atoms with Gasteiger partial charge >= 0.3 is 0 Å². The Morgan fingerprint density at radius 2 is 2.12 bits per heavy atom. The fourth-order valence-electron chi connectivity index (χ4n) is 4.69. The molecule has 1 aliphatic carbocycles. The van der Waals surface area contributed by atoms with Crippen LogP contribution in [0.1, 0.15) is 42.6 Å². The lowest BCUT2D eigenvalue weighted by Gasteiger charge is -2.50. The van der Waals surface area contributed by atoms with Gasteiger partial charge in [0.15, 0.2) is 0 Å². The molecule has 0 bridgehead atoms. The summed E-state index contributed by atoms with van der Waals surface area (Å²) < 4.78 is 0. The molecule has 5 rings (SSSR count). The fraction of sp³-hybridized carbons (Fsp3) is 0.550. The number of imidazole rings is 1. The minimum atomic E-state index is -0.210.